The van der Waals surface area contributed by atoms with Crippen LogP contribution in [0.2, 0.25) is 0 Å². The highest BCUT2D eigenvalue weighted by Gasteiger charge is 2.13. The van der Waals surface area contributed by atoms with Crippen LogP contribution in [-0.2, 0) is 6.54 Å². The zero-order valence-corrected chi connectivity index (χ0v) is 11.2. The zero-order chi connectivity index (χ0) is 14.7. The van der Waals surface area contributed by atoms with Gasteiger partial charge >= 0.3 is 6.03 Å². The molecule has 0 bridgehead atoms. The molecule has 2 amide bonds. The Kier molecular flexibility index (Phi) is 3.63. The molecule has 21 heavy (non-hydrogen) atoms. The van der Waals surface area contributed by atoms with Gasteiger partial charge in [-0.1, -0.05) is 18.2 Å². The van der Waals surface area contributed by atoms with Crippen LogP contribution in [0.1, 0.15) is 5.56 Å². The number of hydrogen-bond donors (Lipinski definition) is 1. The first-order chi connectivity index (χ1) is 10.2. The summed E-state index contributed by atoms with van der Waals surface area (Å²) in [5.41, 5.74) is 0.867. The molecule has 7 heteroatoms. The smallest absolute Gasteiger partial charge is 0.318 e. The van der Waals surface area contributed by atoms with Crippen LogP contribution in [0.15, 0.2) is 42.9 Å². The highest BCUT2D eigenvalue weighted by atomic mass is 19.1. The summed E-state index contributed by atoms with van der Waals surface area (Å²) in [5.74, 6) is 0.116. The van der Waals surface area contributed by atoms with Gasteiger partial charge in [0.2, 0.25) is 0 Å². The van der Waals surface area contributed by atoms with Gasteiger partial charge in [-0.05, 0) is 11.6 Å². The average Bonchev–Trinajstić information content (AvgIpc) is 3.17. The molecule has 3 rings (SSSR count). The number of carbonyl (C=O) groups is 1. The van der Waals surface area contributed by atoms with E-state index in [0.717, 1.165) is 11.8 Å². The van der Waals surface area contributed by atoms with Crippen LogP contribution in [0, 0.1) is 5.82 Å². The summed E-state index contributed by atoms with van der Waals surface area (Å²) in [6, 6.07) is 3.45. The second kappa shape index (κ2) is 5.74. The van der Waals surface area contributed by atoms with E-state index in [2.05, 4.69) is 15.4 Å². The van der Waals surface area contributed by atoms with E-state index in [9.17, 15) is 9.18 Å². The zero-order valence-electron chi connectivity index (χ0n) is 11.2. The Morgan fingerprint density at radius 2 is 2.10 bits per heavy atom. The lowest BCUT2D eigenvalue weighted by Gasteiger charge is -2.16. The van der Waals surface area contributed by atoms with E-state index in [0.29, 0.717) is 25.5 Å². The largest absolute Gasteiger partial charge is 0.334 e. The second-order valence-corrected chi connectivity index (χ2v) is 4.66. The average molecular weight is 287 g/mol. The Labute approximate surface area is 120 Å². The van der Waals surface area contributed by atoms with E-state index in [1.54, 1.807) is 17.2 Å². The van der Waals surface area contributed by atoms with Crippen LogP contribution in [0.25, 0.3) is 5.82 Å². The molecule has 3 heterocycles. The van der Waals surface area contributed by atoms with Crippen LogP contribution >= 0.6 is 0 Å². The maximum atomic E-state index is 12.9. The van der Waals surface area contributed by atoms with E-state index in [-0.39, 0.29) is 6.03 Å². The van der Waals surface area contributed by atoms with E-state index >= 15 is 0 Å². The molecular weight excluding hydrogens is 273 g/mol. The number of rotatable bonds is 3. The Hall–Kier alpha value is -2.70. The predicted molar refractivity (Wildman–Crippen MR) is 74.3 cm³/mol. The standard InChI is InChI=1S/C14H14FN5O/c15-12-9-18-20(10-12)13-4-3-11(7-16-13)8-17-14(21)19-5-1-2-6-19/h1-4,7,9-10H,5-6,8H2,(H,17,21). The molecule has 1 N–H and O–H groups in total. The first kappa shape index (κ1) is 13.3. The molecule has 0 fully saturated rings. The van der Waals surface area contributed by atoms with Crippen molar-refractivity contribution in [1.29, 1.82) is 0 Å². The van der Waals surface area contributed by atoms with Gasteiger partial charge < -0.3 is 10.2 Å². The van der Waals surface area contributed by atoms with Crippen molar-refractivity contribution in [3.63, 3.8) is 0 Å². The maximum Gasteiger partial charge on any atom is 0.318 e. The Balaban J connectivity index is 1.58. The van der Waals surface area contributed by atoms with Crippen molar-refractivity contribution in [2.75, 3.05) is 13.1 Å². The molecule has 0 spiro atoms. The van der Waals surface area contributed by atoms with Crippen molar-refractivity contribution < 1.29 is 9.18 Å². The highest BCUT2D eigenvalue weighted by Crippen LogP contribution is 2.06. The predicted octanol–water partition coefficient (Wildman–Crippen LogP) is 1.49. The van der Waals surface area contributed by atoms with Gasteiger partial charge in [-0.2, -0.15) is 5.10 Å². The van der Waals surface area contributed by atoms with Crippen LogP contribution in [0.4, 0.5) is 9.18 Å². The molecule has 1 aliphatic rings. The van der Waals surface area contributed by atoms with Gasteiger partial charge in [0.1, 0.15) is 0 Å². The van der Waals surface area contributed by atoms with Gasteiger partial charge in [0, 0.05) is 25.8 Å². The molecule has 108 valence electrons. The van der Waals surface area contributed by atoms with Crippen molar-refractivity contribution in [1.82, 2.24) is 25.0 Å². The topological polar surface area (TPSA) is 63.1 Å². The summed E-state index contributed by atoms with van der Waals surface area (Å²) in [7, 11) is 0. The minimum Gasteiger partial charge on any atom is -0.334 e. The molecule has 2 aromatic heterocycles. The summed E-state index contributed by atoms with van der Waals surface area (Å²) >= 11 is 0. The summed E-state index contributed by atoms with van der Waals surface area (Å²) in [6.07, 6.45) is 7.93. The summed E-state index contributed by atoms with van der Waals surface area (Å²) in [6.45, 7) is 1.69. The second-order valence-electron chi connectivity index (χ2n) is 4.66. The van der Waals surface area contributed by atoms with E-state index < -0.39 is 5.82 Å². The third kappa shape index (κ3) is 3.07. The van der Waals surface area contributed by atoms with Gasteiger partial charge in [0.25, 0.3) is 0 Å². The van der Waals surface area contributed by atoms with E-state index in [1.165, 1.54) is 10.9 Å². The number of nitrogens with one attached hydrogen (secondary N) is 1. The number of aromatic nitrogens is 3. The monoisotopic (exact) mass is 287 g/mol. The molecule has 0 saturated carbocycles. The fourth-order valence-corrected chi connectivity index (χ4v) is 2.02. The number of pyridine rings is 1. The van der Waals surface area contributed by atoms with Gasteiger partial charge in [0.15, 0.2) is 11.6 Å². The van der Waals surface area contributed by atoms with Crippen LogP contribution in [0.5, 0.6) is 0 Å². The number of urea groups is 1. The third-order valence-electron chi connectivity index (χ3n) is 3.14. The van der Waals surface area contributed by atoms with Gasteiger partial charge in [-0.15, -0.1) is 0 Å². The number of amides is 2. The molecule has 6 nitrogen and oxygen atoms in total. The summed E-state index contributed by atoms with van der Waals surface area (Å²) < 4.78 is 14.2. The number of nitrogens with zero attached hydrogens (tertiary/aromatic N) is 4. The van der Waals surface area contributed by atoms with E-state index in [1.807, 2.05) is 18.2 Å². The van der Waals surface area contributed by atoms with E-state index in [4.69, 9.17) is 0 Å². The molecule has 2 aromatic rings. The number of carbonyl (C=O) groups excluding carboxylic acids is 1. The Morgan fingerprint density at radius 3 is 2.71 bits per heavy atom. The highest BCUT2D eigenvalue weighted by molar-refractivity contribution is 5.74. The summed E-state index contributed by atoms with van der Waals surface area (Å²) in [4.78, 5) is 17.7. The molecule has 0 unspecified atom stereocenters. The molecule has 0 aliphatic carbocycles. The molecule has 0 atom stereocenters. The van der Waals surface area contributed by atoms with Gasteiger partial charge in [0.05, 0.1) is 12.4 Å². The maximum absolute atomic E-state index is 12.9. The fraction of sp³-hybridized carbons (Fsp3) is 0.214. The number of hydrogen-bond acceptors (Lipinski definition) is 3. The Morgan fingerprint density at radius 1 is 1.29 bits per heavy atom. The first-order valence-corrected chi connectivity index (χ1v) is 6.55. The normalized spacial score (nSPS) is 13.7. The van der Waals surface area contributed by atoms with Crippen molar-refractivity contribution >= 4 is 6.03 Å². The quantitative estimate of drug-likeness (QED) is 0.870. The molecule has 1 aliphatic heterocycles. The van der Waals surface area contributed by atoms with Crippen molar-refractivity contribution in [3.05, 3.63) is 54.3 Å². The van der Waals surface area contributed by atoms with Crippen molar-refractivity contribution in [2.24, 2.45) is 0 Å². The third-order valence-corrected chi connectivity index (χ3v) is 3.14. The fourth-order valence-electron chi connectivity index (χ4n) is 2.02. The van der Waals surface area contributed by atoms with Gasteiger partial charge in [-0.25, -0.2) is 18.9 Å². The SMILES string of the molecule is O=C(NCc1ccc(-n2cc(F)cn2)nc1)N1CC=CC1. The van der Waals surface area contributed by atoms with Crippen LogP contribution in [0.3, 0.4) is 0 Å². The van der Waals surface area contributed by atoms with Crippen molar-refractivity contribution in [2.45, 2.75) is 6.54 Å². The van der Waals surface area contributed by atoms with Gasteiger partial charge in [-0.3, -0.25) is 0 Å². The van der Waals surface area contributed by atoms with Crippen LogP contribution in [-0.4, -0.2) is 38.8 Å². The van der Waals surface area contributed by atoms with Crippen LogP contribution < -0.4 is 5.32 Å². The lowest BCUT2D eigenvalue weighted by Crippen LogP contribution is -2.37. The lowest BCUT2D eigenvalue weighted by molar-refractivity contribution is 0.210. The molecule has 0 radical (unpaired) electrons. The van der Waals surface area contributed by atoms with Crippen molar-refractivity contribution in [3.8, 4) is 5.82 Å². The molecule has 0 saturated heterocycles. The number of halogens is 1. The molecular formula is C14H14FN5O. The minimum absolute atomic E-state index is 0.0989. The first-order valence-electron chi connectivity index (χ1n) is 6.55. The molecule has 0 aromatic carbocycles. The lowest BCUT2D eigenvalue weighted by atomic mass is 10.3. The summed E-state index contributed by atoms with van der Waals surface area (Å²) in [5, 5.41) is 6.67. The minimum atomic E-state index is -0.410. The Bertz CT molecular complexity index is 656.